The van der Waals surface area contributed by atoms with E-state index in [9.17, 15) is 18.0 Å². The van der Waals surface area contributed by atoms with E-state index in [1.54, 1.807) is 6.92 Å². The van der Waals surface area contributed by atoms with Gasteiger partial charge in [0.15, 0.2) is 0 Å². The zero-order valence-electron chi connectivity index (χ0n) is 10.3. The first kappa shape index (κ1) is 15.2. The Hall–Kier alpha value is -0.820. The van der Waals surface area contributed by atoms with Crippen molar-refractivity contribution in [3.05, 3.63) is 0 Å². The largest absolute Gasteiger partial charge is 0.405 e. The Balaban J connectivity index is 2.42. The van der Waals surface area contributed by atoms with Crippen LogP contribution < -0.4 is 5.32 Å². The predicted molar refractivity (Wildman–Crippen MR) is 59.9 cm³/mol. The number of hydrogen-bond donors (Lipinski definition) is 2. The molecule has 1 aliphatic heterocycles. The van der Waals surface area contributed by atoms with Crippen molar-refractivity contribution in [2.24, 2.45) is 5.92 Å². The van der Waals surface area contributed by atoms with Gasteiger partial charge in [0.1, 0.15) is 6.54 Å². The fourth-order valence-corrected chi connectivity index (χ4v) is 2.10. The molecule has 7 heteroatoms. The normalized spacial score (nSPS) is 23.7. The molecule has 106 valence electrons. The Morgan fingerprint density at radius 3 is 2.78 bits per heavy atom. The van der Waals surface area contributed by atoms with Crippen molar-refractivity contribution in [2.45, 2.75) is 32.0 Å². The second-order valence-electron chi connectivity index (χ2n) is 4.69. The molecule has 1 rings (SSSR count). The van der Waals surface area contributed by atoms with Crippen LogP contribution >= 0.6 is 0 Å². The zero-order valence-corrected chi connectivity index (χ0v) is 10.3. The highest BCUT2D eigenvalue weighted by Gasteiger charge is 2.31. The van der Waals surface area contributed by atoms with E-state index in [2.05, 4.69) is 0 Å². The van der Waals surface area contributed by atoms with Gasteiger partial charge in [-0.05, 0) is 32.2 Å². The number of amides is 1. The first-order valence-corrected chi connectivity index (χ1v) is 6.03. The molecule has 0 aliphatic carbocycles. The van der Waals surface area contributed by atoms with Gasteiger partial charge in [-0.3, -0.25) is 9.69 Å². The molecule has 0 spiro atoms. The molecule has 1 aliphatic rings. The molecule has 0 aromatic heterocycles. The van der Waals surface area contributed by atoms with Crippen molar-refractivity contribution in [3.63, 3.8) is 0 Å². The van der Waals surface area contributed by atoms with Crippen molar-refractivity contribution in [2.75, 3.05) is 26.2 Å². The van der Waals surface area contributed by atoms with E-state index >= 15 is 0 Å². The van der Waals surface area contributed by atoms with Crippen molar-refractivity contribution >= 4 is 5.91 Å². The molecular weight excluding hydrogens is 249 g/mol. The number of piperidine rings is 1. The van der Waals surface area contributed by atoms with Gasteiger partial charge in [0.2, 0.25) is 5.91 Å². The number of nitrogens with zero attached hydrogens (tertiary/aromatic N) is 1. The number of rotatable bonds is 4. The van der Waals surface area contributed by atoms with E-state index in [-0.39, 0.29) is 12.5 Å². The monoisotopic (exact) mass is 268 g/mol. The molecule has 0 saturated carbocycles. The molecule has 1 amide bonds. The standard InChI is InChI=1S/C11H19F3N2O2/c1-8(10(18)15-7-11(12,13)14)16-4-2-3-9(5-16)6-17/h8-9,17H,2-7H2,1H3,(H,15,18). The Labute approximate surface area is 104 Å². The number of alkyl halides is 3. The third kappa shape index (κ3) is 4.81. The summed E-state index contributed by atoms with van der Waals surface area (Å²) < 4.78 is 35.9. The predicted octanol–water partition coefficient (Wildman–Crippen LogP) is 0.758. The summed E-state index contributed by atoms with van der Waals surface area (Å²) in [7, 11) is 0. The molecule has 1 saturated heterocycles. The maximum atomic E-state index is 12.0. The summed E-state index contributed by atoms with van der Waals surface area (Å²) in [5, 5.41) is 10.9. The fourth-order valence-electron chi connectivity index (χ4n) is 2.10. The van der Waals surface area contributed by atoms with E-state index in [0.29, 0.717) is 13.1 Å². The lowest BCUT2D eigenvalue weighted by atomic mass is 9.97. The average molecular weight is 268 g/mol. The second-order valence-corrected chi connectivity index (χ2v) is 4.69. The van der Waals surface area contributed by atoms with Crippen molar-refractivity contribution in [1.29, 1.82) is 0 Å². The minimum atomic E-state index is -4.38. The Bertz CT molecular complexity index is 284. The summed E-state index contributed by atoms with van der Waals surface area (Å²) in [6.07, 6.45) is -2.64. The molecule has 2 unspecified atom stereocenters. The van der Waals surface area contributed by atoms with Crippen LogP contribution in [-0.2, 0) is 4.79 Å². The summed E-state index contributed by atoms with van der Waals surface area (Å²) in [5.74, 6) is -0.512. The maximum absolute atomic E-state index is 12.0. The van der Waals surface area contributed by atoms with Gasteiger partial charge in [-0.1, -0.05) is 0 Å². The van der Waals surface area contributed by atoms with Crippen molar-refractivity contribution in [1.82, 2.24) is 10.2 Å². The van der Waals surface area contributed by atoms with Crippen LogP contribution in [0.4, 0.5) is 13.2 Å². The quantitative estimate of drug-likeness (QED) is 0.791. The van der Waals surface area contributed by atoms with Gasteiger partial charge in [0.25, 0.3) is 0 Å². The van der Waals surface area contributed by atoms with E-state index in [1.165, 1.54) is 0 Å². The fraction of sp³-hybridized carbons (Fsp3) is 0.909. The number of carbonyl (C=O) groups excluding carboxylic acids is 1. The highest BCUT2D eigenvalue weighted by Crippen LogP contribution is 2.18. The zero-order chi connectivity index (χ0) is 13.8. The molecule has 1 fully saturated rings. The number of likely N-dealkylation sites (tertiary alicyclic amines) is 1. The summed E-state index contributed by atoms with van der Waals surface area (Å²) in [4.78, 5) is 13.4. The third-order valence-corrected chi connectivity index (χ3v) is 3.20. The highest BCUT2D eigenvalue weighted by atomic mass is 19.4. The summed E-state index contributed by atoms with van der Waals surface area (Å²) >= 11 is 0. The second kappa shape index (κ2) is 6.38. The SMILES string of the molecule is CC(C(=O)NCC(F)(F)F)N1CCCC(CO)C1. The van der Waals surface area contributed by atoms with E-state index in [4.69, 9.17) is 5.11 Å². The van der Waals surface area contributed by atoms with Crippen LogP contribution in [0.3, 0.4) is 0 Å². The van der Waals surface area contributed by atoms with Crippen LogP contribution in [0.2, 0.25) is 0 Å². The molecule has 0 bridgehead atoms. The van der Waals surface area contributed by atoms with Crippen molar-refractivity contribution in [3.8, 4) is 0 Å². The molecule has 0 radical (unpaired) electrons. The number of hydrogen-bond acceptors (Lipinski definition) is 3. The van der Waals surface area contributed by atoms with Gasteiger partial charge in [0.05, 0.1) is 6.04 Å². The first-order valence-electron chi connectivity index (χ1n) is 6.03. The number of carbonyl (C=O) groups is 1. The van der Waals surface area contributed by atoms with E-state index in [0.717, 1.165) is 12.8 Å². The molecule has 18 heavy (non-hydrogen) atoms. The lowest BCUT2D eigenvalue weighted by Gasteiger charge is -2.35. The van der Waals surface area contributed by atoms with E-state index in [1.807, 2.05) is 10.2 Å². The molecule has 0 aromatic carbocycles. The van der Waals surface area contributed by atoms with Crippen LogP contribution in [0, 0.1) is 5.92 Å². The number of halogens is 3. The Morgan fingerprint density at radius 2 is 2.22 bits per heavy atom. The van der Waals surface area contributed by atoms with Gasteiger partial charge >= 0.3 is 6.18 Å². The minimum absolute atomic E-state index is 0.0490. The van der Waals surface area contributed by atoms with Crippen LogP contribution in [0.5, 0.6) is 0 Å². The van der Waals surface area contributed by atoms with Gasteiger partial charge in [-0.25, -0.2) is 0 Å². The van der Waals surface area contributed by atoms with Gasteiger partial charge in [-0.15, -0.1) is 0 Å². The van der Waals surface area contributed by atoms with Gasteiger partial charge in [0, 0.05) is 13.2 Å². The minimum Gasteiger partial charge on any atom is -0.396 e. The number of aliphatic hydroxyl groups is 1. The number of aliphatic hydroxyl groups excluding tert-OH is 1. The van der Waals surface area contributed by atoms with Crippen LogP contribution in [0.25, 0.3) is 0 Å². The maximum Gasteiger partial charge on any atom is 0.405 e. The average Bonchev–Trinajstić information content (AvgIpc) is 2.34. The first-order chi connectivity index (χ1) is 8.33. The Morgan fingerprint density at radius 1 is 1.56 bits per heavy atom. The van der Waals surface area contributed by atoms with Crippen LogP contribution in [0.15, 0.2) is 0 Å². The highest BCUT2D eigenvalue weighted by molar-refractivity contribution is 5.81. The van der Waals surface area contributed by atoms with Crippen LogP contribution in [-0.4, -0.2) is 54.4 Å². The summed E-state index contributed by atoms with van der Waals surface area (Å²) in [6.45, 7) is 1.57. The molecule has 2 atom stereocenters. The molecule has 1 heterocycles. The van der Waals surface area contributed by atoms with Crippen LogP contribution in [0.1, 0.15) is 19.8 Å². The molecule has 4 nitrogen and oxygen atoms in total. The lowest BCUT2D eigenvalue weighted by Crippen LogP contribution is -2.50. The van der Waals surface area contributed by atoms with Crippen molar-refractivity contribution < 1.29 is 23.1 Å². The number of nitrogens with one attached hydrogen (secondary N) is 1. The summed E-state index contributed by atoms with van der Waals surface area (Å²) in [6, 6.07) is -0.596. The van der Waals surface area contributed by atoms with Gasteiger partial charge < -0.3 is 10.4 Å². The third-order valence-electron chi connectivity index (χ3n) is 3.20. The molecule has 0 aromatic rings. The molecular formula is C11H19F3N2O2. The molecule has 2 N–H and O–H groups in total. The smallest absolute Gasteiger partial charge is 0.396 e. The summed E-state index contributed by atoms with van der Waals surface area (Å²) in [5.41, 5.74) is 0. The topological polar surface area (TPSA) is 52.6 Å². The lowest BCUT2D eigenvalue weighted by molar-refractivity contribution is -0.141. The van der Waals surface area contributed by atoms with Gasteiger partial charge in [-0.2, -0.15) is 13.2 Å². The van der Waals surface area contributed by atoms with E-state index < -0.39 is 24.7 Å². The Kier molecular flexibility index (Phi) is 5.40.